The molecule has 4 aromatic carbocycles. The van der Waals surface area contributed by atoms with E-state index in [4.69, 9.17) is 4.84 Å². The van der Waals surface area contributed by atoms with Gasteiger partial charge in [-0.3, -0.25) is 19.7 Å². The van der Waals surface area contributed by atoms with Crippen LogP contribution in [0.4, 0.5) is 5.69 Å². The van der Waals surface area contributed by atoms with Gasteiger partial charge in [-0.2, -0.15) is 0 Å². The standard InChI is InChI=1S/C31H24N2O6S/c1-19-6-4-5-7-27(19)30(35)22-9-14-25(15-10-22)40-26-16-11-23(12-17-26)31(36)29(32-39-21(3)34)28-18-24(33(37)38)13-8-20(28)2/h4-18H,1-3H3/b32-29+. The summed E-state index contributed by atoms with van der Waals surface area (Å²) in [7, 11) is 0. The van der Waals surface area contributed by atoms with Crippen LogP contribution in [0, 0.1) is 24.0 Å². The van der Waals surface area contributed by atoms with Crippen molar-refractivity contribution in [2.75, 3.05) is 0 Å². The third-order valence-corrected chi connectivity index (χ3v) is 7.04. The van der Waals surface area contributed by atoms with Gasteiger partial charge in [-0.05, 0) is 73.5 Å². The molecule has 0 aromatic heterocycles. The summed E-state index contributed by atoms with van der Waals surface area (Å²) in [5.41, 5.74) is 2.76. The Labute approximate surface area is 234 Å². The Hall–Kier alpha value is -4.89. The van der Waals surface area contributed by atoms with Crippen LogP contribution in [0.3, 0.4) is 0 Å². The molecular formula is C31H24N2O6S. The van der Waals surface area contributed by atoms with Gasteiger partial charge in [-0.25, -0.2) is 4.79 Å². The molecule has 4 rings (SSSR count). The fraction of sp³-hybridized carbons (Fsp3) is 0.0968. The number of rotatable bonds is 9. The lowest BCUT2D eigenvalue weighted by molar-refractivity contribution is -0.384. The van der Waals surface area contributed by atoms with Crippen LogP contribution in [-0.4, -0.2) is 28.2 Å². The Morgan fingerprint density at radius 1 is 0.775 bits per heavy atom. The van der Waals surface area contributed by atoms with Gasteiger partial charge in [0.15, 0.2) is 11.5 Å². The van der Waals surface area contributed by atoms with Crippen LogP contribution < -0.4 is 0 Å². The highest BCUT2D eigenvalue weighted by Gasteiger charge is 2.22. The van der Waals surface area contributed by atoms with Crippen LogP contribution in [0.5, 0.6) is 0 Å². The van der Waals surface area contributed by atoms with E-state index in [1.165, 1.54) is 30.0 Å². The van der Waals surface area contributed by atoms with E-state index in [1.807, 2.05) is 43.3 Å². The summed E-state index contributed by atoms with van der Waals surface area (Å²) in [5, 5.41) is 15.0. The highest BCUT2D eigenvalue weighted by Crippen LogP contribution is 2.29. The van der Waals surface area contributed by atoms with Crippen molar-refractivity contribution in [3.63, 3.8) is 0 Å². The average Bonchev–Trinajstić information content (AvgIpc) is 2.94. The van der Waals surface area contributed by atoms with Crippen LogP contribution in [0.1, 0.15) is 49.9 Å². The number of Topliss-reactive ketones (excluding diaryl/α,β-unsaturated/α-hetero) is 1. The minimum atomic E-state index is -0.730. The van der Waals surface area contributed by atoms with Gasteiger partial charge in [0.25, 0.3) is 5.69 Å². The number of ketones is 2. The van der Waals surface area contributed by atoms with E-state index in [2.05, 4.69) is 5.16 Å². The molecule has 200 valence electrons. The first kappa shape index (κ1) is 28.1. The Bertz CT molecular complexity index is 1640. The summed E-state index contributed by atoms with van der Waals surface area (Å²) in [6.07, 6.45) is 0. The molecule has 0 bridgehead atoms. The molecule has 9 heteroatoms. The molecule has 40 heavy (non-hydrogen) atoms. The highest BCUT2D eigenvalue weighted by atomic mass is 32.2. The number of carbonyl (C=O) groups is 3. The van der Waals surface area contributed by atoms with Gasteiger partial charge in [0, 0.05) is 51.1 Å². The van der Waals surface area contributed by atoms with Gasteiger partial charge in [0.2, 0.25) is 5.78 Å². The molecule has 0 heterocycles. The second-order valence-electron chi connectivity index (χ2n) is 8.90. The number of nitrogens with zero attached hydrogens (tertiary/aromatic N) is 2. The van der Waals surface area contributed by atoms with Crippen LogP contribution >= 0.6 is 11.8 Å². The molecule has 0 atom stereocenters. The minimum absolute atomic E-state index is 0.0391. The molecule has 0 radical (unpaired) electrons. The molecule has 0 N–H and O–H groups in total. The van der Waals surface area contributed by atoms with Crippen molar-refractivity contribution >= 4 is 40.7 Å². The Kier molecular flexibility index (Phi) is 8.66. The number of oxime groups is 1. The molecule has 0 aliphatic carbocycles. The Balaban J connectivity index is 1.53. The second kappa shape index (κ2) is 12.3. The molecular weight excluding hydrogens is 528 g/mol. The molecule has 0 unspecified atom stereocenters. The summed E-state index contributed by atoms with van der Waals surface area (Å²) in [6, 6.07) is 25.5. The second-order valence-corrected chi connectivity index (χ2v) is 10.1. The van der Waals surface area contributed by atoms with Crippen molar-refractivity contribution in [1.82, 2.24) is 0 Å². The summed E-state index contributed by atoms with van der Waals surface area (Å²) in [5.74, 6) is -1.32. The van der Waals surface area contributed by atoms with Crippen LogP contribution in [0.25, 0.3) is 0 Å². The predicted octanol–water partition coefficient (Wildman–Crippen LogP) is 6.74. The van der Waals surface area contributed by atoms with E-state index in [0.717, 1.165) is 22.3 Å². The first-order chi connectivity index (χ1) is 19.1. The maximum atomic E-state index is 13.4. The predicted molar refractivity (Wildman–Crippen MR) is 152 cm³/mol. The zero-order valence-electron chi connectivity index (χ0n) is 21.9. The summed E-state index contributed by atoms with van der Waals surface area (Å²) >= 11 is 1.46. The van der Waals surface area contributed by atoms with Crippen LogP contribution in [0.2, 0.25) is 0 Å². The molecule has 8 nitrogen and oxygen atoms in total. The number of nitro groups is 1. The van der Waals surface area contributed by atoms with E-state index < -0.39 is 16.7 Å². The smallest absolute Gasteiger partial charge is 0.318 e. The van der Waals surface area contributed by atoms with Crippen molar-refractivity contribution in [3.05, 3.63) is 134 Å². The topological polar surface area (TPSA) is 116 Å². The number of non-ortho nitro benzene ring substituents is 1. The third-order valence-electron chi connectivity index (χ3n) is 6.03. The number of nitro benzene ring substituents is 1. The SMILES string of the molecule is CC(=O)O/N=C(/C(=O)c1ccc(Sc2ccc(C(=O)c3ccccc3C)cc2)cc1)c1cc([N+](=O)[O-])ccc1C. The number of hydrogen-bond acceptors (Lipinski definition) is 8. The van der Waals surface area contributed by atoms with E-state index in [9.17, 15) is 24.5 Å². The van der Waals surface area contributed by atoms with Gasteiger partial charge in [0.1, 0.15) is 0 Å². The number of aryl methyl sites for hydroxylation is 2. The van der Waals surface area contributed by atoms with Crippen molar-refractivity contribution in [1.29, 1.82) is 0 Å². The number of hydrogen-bond donors (Lipinski definition) is 0. The summed E-state index contributed by atoms with van der Waals surface area (Å²) in [6.45, 7) is 4.72. The van der Waals surface area contributed by atoms with E-state index in [-0.39, 0.29) is 28.3 Å². The molecule has 0 amide bonds. The first-order valence-corrected chi connectivity index (χ1v) is 13.0. The lowest BCUT2D eigenvalue weighted by Crippen LogP contribution is -2.18. The van der Waals surface area contributed by atoms with Crippen molar-refractivity contribution < 1.29 is 24.1 Å². The van der Waals surface area contributed by atoms with Crippen molar-refractivity contribution in [2.24, 2.45) is 5.16 Å². The zero-order valence-corrected chi connectivity index (χ0v) is 22.7. The molecule has 0 saturated heterocycles. The van der Waals surface area contributed by atoms with E-state index in [1.54, 1.807) is 43.3 Å². The largest absolute Gasteiger partial charge is 0.332 e. The zero-order chi connectivity index (χ0) is 28.8. The quantitative estimate of drug-likeness (QED) is 0.0742. The molecule has 0 aliphatic heterocycles. The monoisotopic (exact) mass is 552 g/mol. The molecule has 4 aromatic rings. The fourth-order valence-corrected chi connectivity index (χ4v) is 4.72. The van der Waals surface area contributed by atoms with E-state index >= 15 is 0 Å². The maximum Gasteiger partial charge on any atom is 0.332 e. The van der Waals surface area contributed by atoms with Crippen LogP contribution in [-0.2, 0) is 9.63 Å². The highest BCUT2D eigenvalue weighted by molar-refractivity contribution is 7.99. The number of benzene rings is 4. The number of carbonyl (C=O) groups excluding carboxylic acids is 3. The first-order valence-electron chi connectivity index (χ1n) is 12.2. The molecule has 0 spiro atoms. The maximum absolute atomic E-state index is 13.4. The van der Waals surface area contributed by atoms with Gasteiger partial charge in [-0.15, -0.1) is 0 Å². The molecule has 0 fully saturated rings. The molecule has 0 saturated carbocycles. The minimum Gasteiger partial charge on any atom is -0.318 e. The van der Waals surface area contributed by atoms with Crippen molar-refractivity contribution in [2.45, 2.75) is 30.6 Å². The lowest BCUT2D eigenvalue weighted by Gasteiger charge is -2.09. The third kappa shape index (κ3) is 6.57. The van der Waals surface area contributed by atoms with Gasteiger partial charge >= 0.3 is 5.97 Å². The van der Waals surface area contributed by atoms with Gasteiger partial charge in [0.05, 0.1) is 4.92 Å². The average molecular weight is 553 g/mol. The van der Waals surface area contributed by atoms with Crippen molar-refractivity contribution in [3.8, 4) is 0 Å². The Morgan fingerprint density at radius 3 is 1.93 bits per heavy atom. The fourth-order valence-electron chi connectivity index (χ4n) is 3.91. The Morgan fingerprint density at radius 2 is 1.35 bits per heavy atom. The summed E-state index contributed by atoms with van der Waals surface area (Å²) in [4.78, 5) is 54.8. The van der Waals surface area contributed by atoms with Gasteiger partial charge in [-0.1, -0.05) is 47.2 Å². The van der Waals surface area contributed by atoms with E-state index in [0.29, 0.717) is 16.7 Å². The summed E-state index contributed by atoms with van der Waals surface area (Å²) < 4.78 is 0. The molecule has 0 aliphatic rings. The normalized spacial score (nSPS) is 11.1. The lowest BCUT2D eigenvalue weighted by atomic mass is 9.97. The van der Waals surface area contributed by atoms with Crippen LogP contribution in [0.15, 0.2) is 106 Å². The van der Waals surface area contributed by atoms with Gasteiger partial charge < -0.3 is 4.84 Å².